The third-order valence-electron chi connectivity index (χ3n) is 2.55. The predicted molar refractivity (Wildman–Crippen MR) is 69.8 cm³/mol. The Balaban J connectivity index is 2.58. The first-order chi connectivity index (χ1) is 7.74. The van der Waals surface area contributed by atoms with Gasteiger partial charge in [-0.2, -0.15) is 0 Å². The zero-order valence-corrected chi connectivity index (χ0v) is 10.6. The van der Waals surface area contributed by atoms with E-state index < -0.39 is 0 Å². The molecule has 0 unspecified atom stereocenters. The Morgan fingerprint density at radius 1 is 1.38 bits per heavy atom. The summed E-state index contributed by atoms with van der Waals surface area (Å²) in [5.41, 5.74) is 2.03. The number of likely N-dealkylation sites (N-methyl/N-ethyl adjacent to an activating group) is 1. The monoisotopic (exact) mass is 280 g/mol. The molecule has 0 fully saturated rings. The summed E-state index contributed by atoms with van der Waals surface area (Å²) in [6.45, 7) is 0.764. The molecule has 0 aliphatic rings. The Bertz CT molecular complexity index is 501. The van der Waals surface area contributed by atoms with Crippen molar-refractivity contribution in [1.82, 2.24) is 4.98 Å². The molecule has 1 N–H and O–H groups in total. The zero-order chi connectivity index (χ0) is 11.5. The molecule has 0 radical (unpaired) electrons. The molecule has 0 amide bonds. The summed E-state index contributed by atoms with van der Waals surface area (Å²) in [6.07, 6.45) is 1.79. The van der Waals surface area contributed by atoms with Crippen LogP contribution in [0.1, 0.15) is 0 Å². The van der Waals surface area contributed by atoms with E-state index in [2.05, 4.69) is 20.9 Å². The van der Waals surface area contributed by atoms with Gasteiger partial charge in [-0.05, 0) is 28.1 Å². The first kappa shape index (κ1) is 11.4. The van der Waals surface area contributed by atoms with Gasteiger partial charge in [-0.25, -0.2) is 0 Å². The van der Waals surface area contributed by atoms with Crippen LogP contribution in [0.25, 0.3) is 10.9 Å². The van der Waals surface area contributed by atoms with Crippen LogP contribution >= 0.6 is 15.9 Å². The van der Waals surface area contributed by atoms with Crippen LogP contribution in [0.3, 0.4) is 0 Å². The highest BCUT2D eigenvalue weighted by molar-refractivity contribution is 9.10. The van der Waals surface area contributed by atoms with Crippen LogP contribution in [0.4, 0.5) is 5.69 Å². The predicted octanol–water partition coefficient (Wildman–Crippen LogP) is 2.43. The maximum atomic E-state index is 8.96. The Hall–Kier alpha value is -1.13. The molecule has 4 heteroatoms. The van der Waals surface area contributed by atoms with Crippen molar-refractivity contribution in [2.45, 2.75) is 0 Å². The van der Waals surface area contributed by atoms with Crippen LogP contribution in [-0.2, 0) is 0 Å². The molecule has 0 aliphatic carbocycles. The van der Waals surface area contributed by atoms with Crippen LogP contribution in [0.2, 0.25) is 0 Å². The molecule has 0 saturated carbocycles. The fourth-order valence-electron chi connectivity index (χ4n) is 1.73. The van der Waals surface area contributed by atoms with E-state index in [0.717, 1.165) is 21.1 Å². The second-order valence-electron chi connectivity index (χ2n) is 3.61. The third kappa shape index (κ3) is 2.03. The number of anilines is 1. The lowest BCUT2D eigenvalue weighted by atomic mass is 10.2. The van der Waals surface area contributed by atoms with Gasteiger partial charge in [0.1, 0.15) is 0 Å². The highest BCUT2D eigenvalue weighted by Gasteiger charge is 2.07. The van der Waals surface area contributed by atoms with Crippen LogP contribution in [0.5, 0.6) is 0 Å². The van der Waals surface area contributed by atoms with Gasteiger partial charge in [-0.3, -0.25) is 4.98 Å². The smallest absolute Gasteiger partial charge is 0.0864 e. The SMILES string of the molecule is CN(CCO)c1ccnc2c(Br)cccc12. The number of aliphatic hydroxyl groups excluding tert-OH is 1. The maximum absolute atomic E-state index is 8.96. The molecule has 1 aromatic carbocycles. The van der Waals surface area contributed by atoms with Crippen molar-refractivity contribution in [3.8, 4) is 0 Å². The van der Waals surface area contributed by atoms with Crippen molar-refractivity contribution < 1.29 is 5.11 Å². The number of nitrogens with zero attached hydrogens (tertiary/aromatic N) is 2. The van der Waals surface area contributed by atoms with Gasteiger partial charge >= 0.3 is 0 Å². The van der Waals surface area contributed by atoms with Crippen molar-refractivity contribution in [1.29, 1.82) is 0 Å². The minimum atomic E-state index is 0.147. The molecule has 0 saturated heterocycles. The van der Waals surface area contributed by atoms with Crippen molar-refractivity contribution in [3.63, 3.8) is 0 Å². The van der Waals surface area contributed by atoms with Crippen molar-refractivity contribution in [3.05, 3.63) is 34.9 Å². The molecular formula is C12H13BrN2O. The highest BCUT2D eigenvalue weighted by atomic mass is 79.9. The fraction of sp³-hybridized carbons (Fsp3) is 0.250. The zero-order valence-electron chi connectivity index (χ0n) is 9.02. The van der Waals surface area contributed by atoms with E-state index in [4.69, 9.17) is 5.11 Å². The number of para-hydroxylation sites is 1. The summed E-state index contributed by atoms with van der Waals surface area (Å²) in [6, 6.07) is 7.97. The molecule has 0 bridgehead atoms. The molecule has 84 valence electrons. The number of hydrogen-bond donors (Lipinski definition) is 1. The average Bonchev–Trinajstić information content (AvgIpc) is 2.29. The third-order valence-corrected chi connectivity index (χ3v) is 3.19. The fourth-order valence-corrected chi connectivity index (χ4v) is 2.20. The minimum Gasteiger partial charge on any atom is -0.395 e. The number of aliphatic hydroxyl groups is 1. The van der Waals surface area contributed by atoms with Gasteiger partial charge in [-0.15, -0.1) is 0 Å². The summed E-state index contributed by atoms with van der Waals surface area (Å²) < 4.78 is 0.990. The quantitative estimate of drug-likeness (QED) is 0.938. The first-order valence-electron chi connectivity index (χ1n) is 5.09. The van der Waals surface area contributed by atoms with Crippen molar-refractivity contribution in [2.24, 2.45) is 0 Å². The van der Waals surface area contributed by atoms with Gasteiger partial charge in [0.2, 0.25) is 0 Å². The number of halogens is 1. The molecule has 1 aromatic heterocycles. The molecule has 2 aromatic rings. The van der Waals surface area contributed by atoms with Crippen LogP contribution in [-0.4, -0.2) is 30.3 Å². The van der Waals surface area contributed by atoms with E-state index in [1.54, 1.807) is 6.20 Å². The van der Waals surface area contributed by atoms with Crippen molar-refractivity contribution >= 4 is 32.5 Å². The van der Waals surface area contributed by atoms with E-state index in [9.17, 15) is 0 Å². The molecule has 0 aliphatic heterocycles. The molecule has 0 spiro atoms. The standard InChI is InChI=1S/C12H13BrN2O/c1-15(7-8-16)11-5-6-14-12-9(11)3-2-4-10(12)13/h2-6,16H,7-8H2,1H3. The van der Waals surface area contributed by atoms with E-state index >= 15 is 0 Å². The van der Waals surface area contributed by atoms with Crippen LogP contribution in [0, 0.1) is 0 Å². The van der Waals surface area contributed by atoms with Gasteiger partial charge in [-0.1, -0.05) is 12.1 Å². The lowest BCUT2D eigenvalue weighted by Gasteiger charge is -2.19. The van der Waals surface area contributed by atoms with Gasteiger partial charge in [0, 0.05) is 35.3 Å². The summed E-state index contributed by atoms with van der Waals surface area (Å²) in [5, 5.41) is 10.0. The normalized spacial score (nSPS) is 10.7. The Morgan fingerprint density at radius 3 is 2.94 bits per heavy atom. The summed E-state index contributed by atoms with van der Waals surface area (Å²) in [7, 11) is 1.96. The maximum Gasteiger partial charge on any atom is 0.0864 e. The lowest BCUT2D eigenvalue weighted by Crippen LogP contribution is -2.21. The molecule has 2 rings (SSSR count). The van der Waals surface area contributed by atoms with E-state index in [1.807, 2.05) is 36.2 Å². The summed E-state index contributed by atoms with van der Waals surface area (Å²) in [4.78, 5) is 6.37. The molecular weight excluding hydrogens is 268 g/mol. The number of rotatable bonds is 3. The molecule has 3 nitrogen and oxygen atoms in total. The van der Waals surface area contributed by atoms with Gasteiger partial charge in [0.25, 0.3) is 0 Å². The van der Waals surface area contributed by atoms with Gasteiger partial charge in [0.05, 0.1) is 12.1 Å². The Labute approximate surface area is 103 Å². The molecule has 1 heterocycles. The highest BCUT2D eigenvalue weighted by Crippen LogP contribution is 2.28. The number of benzene rings is 1. The summed E-state index contributed by atoms with van der Waals surface area (Å²) in [5.74, 6) is 0. The van der Waals surface area contributed by atoms with Gasteiger partial charge < -0.3 is 10.0 Å². The largest absolute Gasteiger partial charge is 0.395 e. The van der Waals surface area contributed by atoms with Crippen molar-refractivity contribution in [2.75, 3.05) is 25.1 Å². The number of hydrogen-bond acceptors (Lipinski definition) is 3. The number of aromatic nitrogens is 1. The Morgan fingerprint density at radius 2 is 2.19 bits per heavy atom. The lowest BCUT2D eigenvalue weighted by molar-refractivity contribution is 0.304. The first-order valence-corrected chi connectivity index (χ1v) is 5.88. The number of fused-ring (bicyclic) bond motifs is 1. The van der Waals surface area contributed by atoms with Crippen LogP contribution < -0.4 is 4.90 Å². The van der Waals surface area contributed by atoms with E-state index in [-0.39, 0.29) is 6.61 Å². The second-order valence-corrected chi connectivity index (χ2v) is 4.47. The van der Waals surface area contributed by atoms with E-state index in [1.165, 1.54) is 0 Å². The van der Waals surface area contributed by atoms with E-state index in [0.29, 0.717) is 6.54 Å². The average molecular weight is 281 g/mol. The number of pyridine rings is 1. The Kier molecular flexibility index (Phi) is 3.41. The molecule has 16 heavy (non-hydrogen) atoms. The molecule has 0 atom stereocenters. The van der Waals surface area contributed by atoms with Gasteiger partial charge in [0.15, 0.2) is 0 Å². The van der Waals surface area contributed by atoms with Crippen LogP contribution in [0.15, 0.2) is 34.9 Å². The topological polar surface area (TPSA) is 36.4 Å². The second kappa shape index (κ2) is 4.80. The summed E-state index contributed by atoms with van der Waals surface area (Å²) >= 11 is 3.49. The minimum absolute atomic E-state index is 0.147.